The highest BCUT2D eigenvalue weighted by molar-refractivity contribution is 5.84. The topological polar surface area (TPSA) is 110 Å². The minimum atomic E-state index is -0.471. The van der Waals surface area contributed by atoms with Gasteiger partial charge < -0.3 is 24.5 Å². The number of rotatable bonds is 26. The van der Waals surface area contributed by atoms with Crippen LogP contribution in [0.2, 0.25) is 0 Å². The maximum absolute atomic E-state index is 12.2. The summed E-state index contributed by atoms with van der Waals surface area (Å²) in [6.07, 6.45) is 21.8. The van der Waals surface area contributed by atoms with Crippen molar-refractivity contribution in [2.24, 2.45) is 5.92 Å². The smallest absolute Gasteiger partial charge is 0.309 e. The number of esters is 1. The number of ether oxygens (including phenoxy) is 2. The van der Waals surface area contributed by atoms with Crippen LogP contribution in [0, 0.1) is 5.92 Å². The Labute approximate surface area is 255 Å². The van der Waals surface area contributed by atoms with Crippen molar-refractivity contribution in [1.29, 1.82) is 0 Å². The highest BCUT2D eigenvalue weighted by Crippen LogP contribution is 2.29. The highest BCUT2D eigenvalue weighted by Gasteiger charge is 2.35. The van der Waals surface area contributed by atoms with E-state index < -0.39 is 12.2 Å². The molecule has 0 aliphatic carbocycles. The zero-order chi connectivity index (χ0) is 30.6. The maximum Gasteiger partial charge on any atom is 0.309 e. The molecular formula is C35H62O7. The van der Waals surface area contributed by atoms with Crippen molar-refractivity contribution in [3.05, 3.63) is 0 Å². The minimum absolute atomic E-state index is 0.00597. The van der Waals surface area contributed by atoms with Gasteiger partial charge in [0, 0.05) is 19.3 Å². The van der Waals surface area contributed by atoms with Crippen molar-refractivity contribution < 1.29 is 34.1 Å². The quantitative estimate of drug-likeness (QED) is 0.0785. The van der Waals surface area contributed by atoms with Crippen molar-refractivity contribution in [2.45, 2.75) is 198 Å². The summed E-state index contributed by atoms with van der Waals surface area (Å²) in [5.41, 5.74) is 0. The average Bonchev–Trinajstić information content (AvgIpc) is 3.59. The molecule has 0 radical (unpaired) electrons. The molecule has 0 spiro atoms. The van der Waals surface area contributed by atoms with Gasteiger partial charge >= 0.3 is 5.97 Å². The standard InChI is InChI=1S/C35H62O7/c1-3-4-5-6-7-8-9-10-13-16-19-31(38)33-23-24-34(42-33)32(39)20-17-14-11-12-15-18-29(37)21-22-30-26-28(25-27(2)36)35(40)41-30/h28,30-34,38-39H,3-26H2,1-2H3/t28-,30+,31-,32-,33-,34-/m0/s1. The van der Waals surface area contributed by atoms with Crippen LogP contribution in [-0.4, -0.2) is 58.3 Å². The lowest BCUT2D eigenvalue weighted by Gasteiger charge is -2.22. The monoisotopic (exact) mass is 594 g/mol. The highest BCUT2D eigenvalue weighted by atomic mass is 16.6. The summed E-state index contributed by atoms with van der Waals surface area (Å²) in [6.45, 7) is 3.74. The van der Waals surface area contributed by atoms with Gasteiger partial charge in [0.25, 0.3) is 0 Å². The fourth-order valence-corrected chi connectivity index (χ4v) is 6.53. The zero-order valence-corrected chi connectivity index (χ0v) is 26.9. The molecule has 0 amide bonds. The first-order valence-electron chi connectivity index (χ1n) is 17.5. The van der Waals surface area contributed by atoms with Crippen LogP contribution >= 0.6 is 0 Å². The SMILES string of the molecule is CCCCCCCCCCCC[C@H](O)[C@@H]1CC[C@@H]([C@@H](O)CCCCCCCC(=O)CC[C@@H]2C[C@H](CC(C)=O)C(=O)O2)O1. The fraction of sp³-hybridized carbons (Fsp3) is 0.914. The van der Waals surface area contributed by atoms with E-state index in [1.165, 1.54) is 64.7 Å². The number of unbranched alkanes of at least 4 members (excludes halogenated alkanes) is 13. The van der Waals surface area contributed by atoms with Crippen LogP contribution in [0.5, 0.6) is 0 Å². The molecule has 0 unspecified atom stereocenters. The number of carbonyl (C=O) groups excluding carboxylic acids is 3. The predicted molar refractivity (Wildman–Crippen MR) is 166 cm³/mol. The van der Waals surface area contributed by atoms with Gasteiger partial charge in [-0.15, -0.1) is 0 Å². The van der Waals surface area contributed by atoms with E-state index >= 15 is 0 Å². The molecular weight excluding hydrogens is 532 g/mol. The number of aliphatic hydroxyl groups excluding tert-OH is 2. The summed E-state index contributed by atoms with van der Waals surface area (Å²) in [5, 5.41) is 21.2. The van der Waals surface area contributed by atoms with Gasteiger partial charge in [-0.25, -0.2) is 0 Å². The van der Waals surface area contributed by atoms with Crippen molar-refractivity contribution >= 4 is 17.5 Å². The Bertz CT molecular complexity index is 754. The molecule has 42 heavy (non-hydrogen) atoms. The lowest BCUT2D eigenvalue weighted by atomic mass is 9.96. The second-order valence-electron chi connectivity index (χ2n) is 13.2. The Hall–Kier alpha value is -1.31. The number of cyclic esters (lactones) is 1. The van der Waals surface area contributed by atoms with E-state index in [9.17, 15) is 24.6 Å². The van der Waals surface area contributed by atoms with E-state index in [2.05, 4.69) is 6.92 Å². The molecule has 0 aromatic rings. The van der Waals surface area contributed by atoms with Crippen LogP contribution in [0.1, 0.15) is 168 Å². The summed E-state index contributed by atoms with van der Waals surface area (Å²) in [7, 11) is 0. The van der Waals surface area contributed by atoms with Gasteiger partial charge in [-0.3, -0.25) is 9.59 Å². The number of ketones is 2. The Morgan fingerprint density at radius 2 is 1.26 bits per heavy atom. The van der Waals surface area contributed by atoms with Gasteiger partial charge in [0.05, 0.1) is 30.3 Å². The van der Waals surface area contributed by atoms with Crippen LogP contribution in [0.3, 0.4) is 0 Å². The first kappa shape index (κ1) is 36.9. The van der Waals surface area contributed by atoms with Gasteiger partial charge in [-0.05, 0) is 51.9 Å². The molecule has 2 aliphatic heterocycles. The van der Waals surface area contributed by atoms with Crippen LogP contribution in [0.25, 0.3) is 0 Å². The number of hydrogen-bond donors (Lipinski definition) is 2. The van der Waals surface area contributed by atoms with E-state index in [1.54, 1.807) is 0 Å². The molecule has 0 aromatic carbocycles. The van der Waals surface area contributed by atoms with E-state index in [1.807, 2.05) is 0 Å². The van der Waals surface area contributed by atoms with E-state index in [-0.39, 0.29) is 48.2 Å². The van der Waals surface area contributed by atoms with Gasteiger partial charge in [0.15, 0.2) is 0 Å². The largest absolute Gasteiger partial charge is 0.462 e. The van der Waals surface area contributed by atoms with E-state index in [0.29, 0.717) is 25.7 Å². The number of carbonyl (C=O) groups is 3. The van der Waals surface area contributed by atoms with Crippen molar-refractivity contribution in [3.63, 3.8) is 0 Å². The maximum atomic E-state index is 12.2. The lowest BCUT2D eigenvalue weighted by Crippen LogP contribution is -2.31. The number of aliphatic hydroxyl groups is 2. The van der Waals surface area contributed by atoms with Crippen molar-refractivity contribution in [1.82, 2.24) is 0 Å². The van der Waals surface area contributed by atoms with Crippen LogP contribution < -0.4 is 0 Å². The summed E-state index contributed by atoms with van der Waals surface area (Å²) in [4.78, 5) is 35.3. The lowest BCUT2D eigenvalue weighted by molar-refractivity contribution is -0.145. The molecule has 0 aromatic heterocycles. The number of hydrogen-bond acceptors (Lipinski definition) is 7. The van der Waals surface area contributed by atoms with Crippen LogP contribution in [0.15, 0.2) is 0 Å². The molecule has 244 valence electrons. The predicted octanol–water partition coefficient (Wildman–Crippen LogP) is 7.56. The molecule has 2 saturated heterocycles. The molecule has 2 aliphatic rings. The second kappa shape index (κ2) is 22.2. The second-order valence-corrected chi connectivity index (χ2v) is 13.2. The first-order chi connectivity index (χ1) is 20.3. The van der Waals surface area contributed by atoms with Gasteiger partial charge in [0.2, 0.25) is 0 Å². The van der Waals surface area contributed by atoms with Crippen molar-refractivity contribution in [2.75, 3.05) is 0 Å². The third kappa shape index (κ3) is 16.0. The summed E-state index contributed by atoms with van der Waals surface area (Å²) < 4.78 is 11.4. The molecule has 7 heteroatoms. The third-order valence-electron chi connectivity index (χ3n) is 9.20. The third-order valence-corrected chi connectivity index (χ3v) is 9.20. The van der Waals surface area contributed by atoms with Crippen LogP contribution in [-0.2, 0) is 23.9 Å². The number of Topliss-reactive ketones (excluding diaryl/α,β-unsaturated/α-hetero) is 2. The first-order valence-corrected chi connectivity index (χ1v) is 17.5. The average molecular weight is 595 g/mol. The Morgan fingerprint density at radius 3 is 1.79 bits per heavy atom. The normalized spacial score (nSPS) is 23.7. The Kier molecular flexibility index (Phi) is 19.5. The molecule has 6 atom stereocenters. The van der Waals surface area contributed by atoms with Crippen LogP contribution in [0.4, 0.5) is 0 Å². The molecule has 0 saturated carbocycles. The van der Waals surface area contributed by atoms with E-state index in [0.717, 1.165) is 64.2 Å². The summed E-state index contributed by atoms with van der Waals surface area (Å²) in [6, 6.07) is 0. The molecule has 2 fully saturated rings. The Balaban J connectivity index is 1.41. The van der Waals surface area contributed by atoms with Gasteiger partial charge in [0.1, 0.15) is 17.7 Å². The van der Waals surface area contributed by atoms with E-state index in [4.69, 9.17) is 9.47 Å². The molecule has 2 N–H and O–H groups in total. The van der Waals surface area contributed by atoms with Crippen molar-refractivity contribution in [3.8, 4) is 0 Å². The fourth-order valence-electron chi connectivity index (χ4n) is 6.53. The van der Waals surface area contributed by atoms with Gasteiger partial charge in [-0.1, -0.05) is 96.8 Å². The molecule has 7 nitrogen and oxygen atoms in total. The molecule has 2 heterocycles. The summed E-state index contributed by atoms with van der Waals surface area (Å²) >= 11 is 0. The molecule has 0 bridgehead atoms. The Morgan fingerprint density at radius 1 is 0.762 bits per heavy atom. The molecule has 2 rings (SSSR count). The van der Waals surface area contributed by atoms with Gasteiger partial charge in [-0.2, -0.15) is 0 Å². The summed E-state index contributed by atoms with van der Waals surface area (Å²) in [5.74, 6) is -0.439. The minimum Gasteiger partial charge on any atom is -0.462 e. The zero-order valence-electron chi connectivity index (χ0n) is 26.9.